The number of nitrogens with zero attached hydrogens (tertiary/aromatic N) is 2. The van der Waals surface area contributed by atoms with E-state index < -0.39 is 5.97 Å². The summed E-state index contributed by atoms with van der Waals surface area (Å²) in [6, 6.07) is 23.4. The topological polar surface area (TPSA) is 60.9 Å². The van der Waals surface area contributed by atoms with Crippen LogP contribution in [0.5, 0.6) is 0 Å². The number of likely N-dealkylation sites (N-methyl/N-ethyl adjacent to an activating group) is 1. The van der Waals surface area contributed by atoms with E-state index in [2.05, 4.69) is 54.3 Å². The maximum absolute atomic E-state index is 12.5. The van der Waals surface area contributed by atoms with E-state index in [4.69, 9.17) is 5.11 Å². The number of fused-ring (bicyclic) bond motifs is 1. The van der Waals surface area contributed by atoms with Crippen molar-refractivity contribution < 1.29 is 14.7 Å². The van der Waals surface area contributed by atoms with Gasteiger partial charge in [-0.3, -0.25) is 9.59 Å². The quantitative estimate of drug-likeness (QED) is 0.519. The van der Waals surface area contributed by atoms with E-state index in [1.807, 2.05) is 24.3 Å². The molecule has 1 saturated carbocycles. The summed E-state index contributed by atoms with van der Waals surface area (Å²) in [7, 11) is 1.52. The molecule has 0 aliphatic heterocycles. The lowest BCUT2D eigenvalue weighted by Gasteiger charge is -2.39. The van der Waals surface area contributed by atoms with Crippen molar-refractivity contribution in [3.8, 4) is 0 Å². The Morgan fingerprint density at radius 2 is 1.70 bits per heavy atom. The van der Waals surface area contributed by atoms with Crippen molar-refractivity contribution in [3.05, 3.63) is 77.9 Å². The Labute approximate surface area is 195 Å². The highest BCUT2D eigenvalue weighted by molar-refractivity contribution is 5.96. The van der Waals surface area contributed by atoms with Crippen LogP contribution >= 0.6 is 0 Å². The van der Waals surface area contributed by atoms with Crippen LogP contribution in [0.1, 0.15) is 54.4 Å². The Morgan fingerprint density at radius 1 is 0.970 bits per heavy atom. The van der Waals surface area contributed by atoms with E-state index in [0.717, 1.165) is 19.4 Å². The molecule has 0 aromatic heterocycles. The molecule has 1 aliphatic carbocycles. The van der Waals surface area contributed by atoms with Gasteiger partial charge in [0.05, 0.1) is 0 Å². The van der Waals surface area contributed by atoms with Crippen molar-refractivity contribution in [1.29, 1.82) is 0 Å². The van der Waals surface area contributed by atoms with Crippen LogP contribution in [0.3, 0.4) is 0 Å². The van der Waals surface area contributed by atoms with Crippen LogP contribution in [-0.2, 0) is 4.79 Å². The van der Waals surface area contributed by atoms with Gasteiger partial charge in [-0.15, -0.1) is 0 Å². The van der Waals surface area contributed by atoms with Gasteiger partial charge in [0, 0.05) is 36.3 Å². The Bertz CT molecular complexity index is 1120. The standard InChI is InChI=1S/C28H32N2O3/c1-3-30(26-13-7-9-21-8-4-5-12-25(21)26)24-11-6-10-23(18-24)20-14-16-22(17-15-20)28(33)29(2)19-27(31)32/h4-5,7-9,12-17,23-24H,3,6,10-11,18-19H2,1-2H3,(H,31,32). The van der Waals surface area contributed by atoms with Gasteiger partial charge < -0.3 is 14.9 Å². The highest BCUT2D eigenvalue weighted by Crippen LogP contribution is 2.38. The summed E-state index contributed by atoms with van der Waals surface area (Å²) in [5.74, 6) is -0.824. The Kier molecular flexibility index (Phi) is 6.97. The SMILES string of the molecule is CCN(c1cccc2ccccc12)C1CCCC(c2ccc(C(=O)N(C)CC(=O)O)cc2)C1. The molecule has 0 heterocycles. The maximum Gasteiger partial charge on any atom is 0.323 e. The number of anilines is 1. The van der Waals surface area contributed by atoms with Gasteiger partial charge in [0.25, 0.3) is 5.91 Å². The summed E-state index contributed by atoms with van der Waals surface area (Å²) in [6.45, 7) is 2.90. The largest absolute Gasteiger partial charge is 0.480 e. The lowest BCUT2D eigenvalue weighted by Crippen LogP contribution is -2.38. The summed E-state index contributed by atoms with van der Waals surface area (Å²) < 4.78 is 0. The van der Waals surface area contributed by atoms with Crippen molar-refractivity contribution in [1.82, 2.24) is 4.90 Å². The molecular weight excluding hydrogens is 412 g/mol. The van der Waals surface area contributed by atoms with Crippen molar-refractivity contribution in [2.45, 2.75) is 44.6 Å². The molecule has 4 rings (SSSR count). The molecule has 0 bridgehead atoms. The first-order valence-corrected chi connectivity index (χ1v) is 11.8. The molecule has 5 heteroatoms. The zero-order valence-corrected chi connectivity index (χ0v) is 19.4. The molecule has 2 unspecified atom stereocenters. The van der Waals surface area contributed by atoms with Gasteiger partial charge in [-0.2, -0.15) is 0 Å². The van der Waals surface area contributed by atoms with Crippen LogP contribution in [0.4, 0.5) is 5.69 Å². The lowest BCUT2D eigenvalue weighted by molar-refractivity contribution is -0.137. The molecule has 0 saturated heterocycles. The highest BCUT2D eigenvalue weighted by atomic mass is 16.4. The summed E-state index contributed by atoms with van der Waals surface area (Å²) in [5.41, 5.74) is 3.09. The number of carboxylic acid groups (broad SMARTS) is 1. The van der Waals surface area contributed by atoms with E-state index in [1.54, 1.807) is 0 Å². The van der Waals surface area contributed by atoms with Crippen LogP contribution in [0, 0.1) is 0 Å². The second kappa shape index (κ2) is 10.1. The van der Waals surface area contributed by atoms with Crippen LogP contribution in [0.25, 0.3) is 10.8 Å². The van der Waals surface area contributed by atoms with Gasteiger partial charge in [-0.05, 0) is 61.3 Å². The number of hydrogen-bond acceptors (Lipinski definition) is 3. The number of benzene rings is 3. The minimum atomic E-state index is -1.01. The molecule has 2 atom stereocenters. The van der Waals surface area contributed by atoms with Crippen molar-refractivity contribution in [3.63, 3.8) is 0 Å². The normalized spacial score (nSPS) is 18.1. The van der Waals surface area contributed by atoms with E-state index in [9.17, 15) is 9.59 Å². The molecular formula is C28H32N2O3. The highest BCUT2D eigenvalue weighted by Gasteiger charge is 2.28. The Hall–Kier alpha value is -3.34. The fourth-order valence-electron chi connectivity index (χ4n) is 5.23. The monoisotopic (exact) mass is 444 g/mol. The van der Waals surface area contributed by atoms with Gasteiger partial charge in [-0.25, -0.2) is 0 Å². The van der Waals surface area contributed by atoms with Crippen molar-refractivity contribution in [2.24, 2.45) is 0 Å². The van der Waals surface area contributed by atoms with Crippen molar-refractivity contribution in [2.75, 3.05) is 25.0 Å². The molecule has 3 aromatic carbocycles. The number of carboxylic acids is 1. The van der Waals surface area contributed by atoms with Crippen LogP contribution in [-0.4, -0.2) is 48.1 Å². The number of carbonyl (C=O) groups is 2. The van der Waals surface area contributed by atoms with Gasteiger partial charge in [0.15, 0.2) is 0 Å². The van der Waals surface area contributed by atoms with Crippen LogP contribution < -0.4 is 4.90 Å². The Morgan fingerprint density at radius 3 is 2.42 bits per heavy atom. The Balaban J connectivity index is 1.51. The lowest BCUT2D eigenvalue weighted by atomic mass is 9.80. The predicted octanol–water partition coefficient (Wildman–Crippen LogP) is 5.55. The van der Waals surface area contributed by atoms with E-state index in [-0.39, 0.29) is 12.5 Å². The number of rotatable bonds is 7. The average Bonchev–Trinajstić information content (AvgIpc) is 2.84. The first kappa shape index (κ1) is 22.8. The molecule has 0 spiro atoms. The molecule has 33 heavy (non-hydrogen) atoms. The summed E-state index contributed by atoms with van der Waals surface area (Å²) in [5, 5.41) is 11.5. The minimum Gasteiger partial charge on any atom is -0.480 e. The molecule has 1 aliphatic rings. The second-order valence-corrected chi connectivity index (χ2v) is 8.98. The fraction of sp³-hybridized carbons (Fsp3) is 0.357. The zero-order chi connectivity index (χ0) is 23.4. The van der Waals surface area contributed by atoms with E-state index in [1.165, 1.54) is 46.8 Å². The summed E-state index contributed by atoms with van der Waals surface area (Å²) >= 11 is 0. The predicted molar refractivity (Wildman–Crippen MR) is 133 cm³/mol. The number of carbonyl (C=O) groups excluding carboxylic acids is 1. The number of aliphatic carboxylic acids is 1. The van der Waals surface area contributed by atoms with Crippen LogP contribution in [0.2, 0.25) is 0 Å². The van der Waals surface area contributed by atoms with E-state index >= 15 is 0 Å². The first-order chi connectivity index (χ1) is 16.0. The second-order valence-electron chi connectivity index (χ2n) is 8.98. The molecule has 1 amide bonds. The molecule has 1 N–H and O–H groups in total. The van der Waals surface area contributed by atoms with Crippen molar-refractivity contribution >= 4 is 28.3 Å². The smallest absolute Gasteiger partial charge is 0.323 e. The third-order valence-corrected chi connectivity index (χ3v) is 6.85. The molecule has 0 radical (unpaired) electrons. The fourth-order valence-corrected chi connectivity index (χ4v) is 5.23. The number of hydrogen-bond donors (Lipinski definition) is 1. The van der Waals surface area contributed by atoms with Gasteiger partial charge in [-0.1, -0.05) is 55.0 Å². The van der Waals surface area contributed by atoms with Gasteiger partial charge in [0.1, 0.15) is 6.54 Å². The van der Waals surface area contributed by atoms with Crippen LogP contribution in [0.15, 0.2) is 66.7 Å². The third kappa shape index (κ3) is 5.03. The van der Waals surface area contributed by atoms with Gasteiger partial charge in [0.2, 0.25) is 0 Å². The zero-order valence-electron chi connectivity index (χ0n) is 19.4. The third-order valence-electron chi connectivity index (χ3n) is 6.85. The first-order valence-electron chi connectivity index (χ1n) is 11.8. The molecule has 5 nitrogen and oxygen atoms in total. The maximum atomic E-state index is 12.5. The minimum absolute atomic E-state index is 0.265. The summed E-state index contributed by atoms with van der Waals surface area (Å²) in [4.78, 5) is 27.2. The van der Waals surface area contributed by atoms with Gasteiger partial charge >= 0.3 is 5.97 Å². The molecule has 172 valence electrons. The summed E-state index contributed by atoms with van der Waals surface area (Å²) in [6.07, 6.45) is 4.60. The molecule has 1 fully saturated rings. The molecule has 3 aromatic rings. The average molecular weight is 445 g/mol. The number of amides is 1. The van der Waals surface area contributed by atoms with E-state index in [0.29, 0.717) is 17.5 Å².